The van der Waals surface area contributed by atoms with E-state index < -0.39 is 23.5 Å². The number of hydrogen-bond acceptors (Lipinski definition) is 3. The molecule has 0 saturated heterocycles. The van der Waals surface area contributed by atoms with Gasteiger partial charge in [-0.05, 0) is 23.8 Å². The molecular weight excluding hydrogens is 347 g/mol. The second-order valence-corrected chi connectivity index (χ2v) is 5.49. The second-order valence-electron chi connectivity index (χ2n) is 5.06. The maximum absolute atomic E-state index is 13.1. The van der Waals surface area contributed by atoms with Crippen LogP contribution in [0.3, 0.4) is 0 Å². The first kappa shape index (κ1) is 16.3. The predicted octanol–water partition coefficient (Wildman–Crippen LogP) is 3.85. The van der Waals surface area contributed by atoms with Gasteiger partial charge >= 0.3 is 12.1 Å². The molecule has 0 saturated carbocycles. The molecule has 0 bridgehead atoms. The molecule has 24 heavy (non-hydrogen) atoms. The molecule has 0 aliphatic heterocycles. The van der Waals surface area contributed by atoms with Gasteiger partial charge in [0.15, 0.2) is 5.69 Å². The minimum Gasteiger partial charge on any atom is -0.476 e. The average Bonchev–Trinajstić information content (AvgIpc) is 2.91. The van der Waals surface area contributed by atoms with Crippen LogP contribution in [0.25, 0.3) is 10.9 Å². The third-order valence-corrected chi connectivity index (χ3v) is 3.54. The van der Waals surface area contributed by atoms with Crippen LogP contribution in [-0.2, 0) is 12.7 Å². The van der Waals surface area contributed by atoms with E-state index >= 15 is 0 Å². The number of carboxylic acids is 1. The predicted molar refractivity (Wildman–Crippen MR) is 80.0 cm³/mol. The lowest BCUT2D eigenvalue weighted by Gasteiger charge is -2.10. The van der Waals surface area contributed by atoms with E-state index in [0.29, 0.717) is 32.2 Å². The van der Waals surface area contributed by atoms with E-state index in [9.17, 15) is 18.0 Å². The Balaban J connectivity index is 2.03. The van der Waals surface area contributed by atoms with Crippen molar-refractivity contribution in [2.45, 2.75) is 12.7 Å². The molecule has 9 heteroatoms. The second kappa shape index (κ2) is 5.79. The van der Waals surface area contributed by atoms with Gasteiger partial charge < -0.3 is 5.11 Å². The molecule has 3 rings (SSSR count). The highest BCUT2D eigenvalue weighted by molar-refractivity contribution is 6.31. The topological polar surface area (TPSA) is 68.0 Å². The van der Waals surface area contributed by atoms with Crippen molar-refractivity contribution >= 4 is 28.5 Å². The van der Waals surface area contributed by atoms with Crippen molar-refractivity contribution in [3.05, 3.63) is 58.5 Å². The van der Waals surface area contributed by atoms with E-state index in [1.807, 2.05) is 0 Å². The molecule has 0 amide bonds. The van der Waals surface area contributed by atoms with Crippen molar-refractivity contribution in [1.82, 2.24) is 14.8 Å². The molecule has 2 heterocycles. The highest BCUT2D eigenvalue weighted by Crippen LogP contribution is 2.30. The first-order valence-electron chi connectivity index (χ1n) is 6.66. The normalized spacial score (nSPS) is 11.8. The number of pyridine rings is 1. The van der Waals surface area contributed by atoms with Gasteiger partial charge in [-0.3, -0.25) is 9.67 Å². The van der Waals surface area contributed by atoms with Crippen LogP contribution in [0, 0.1) is 0 Å². The van der Waals surface area contributed by atoms with Crippen molar-refractivity contribution in [3.63, 3.8) is 0 Å². The zero-order chi connectivity index (χ0) is 17.5. The highest BCUT2D eigenvalue weighted by atomic mass is 35.5. The fraction of sp³-hybridized carbons (Fsp3) is 0.133. The van der Waals surface area contributed by atoms with Gasteiger partial charge in [0.05, 0.1) is 17.1 Å². The summed E-state index contributed by atoms with van der Waals surface area (Å²) in [6, 6.07) is 7.05. The molecule has 0 radical (unpaired) electrons. The van der Waals surface area contributed by atoms with Crippen LogP contribution in [0.1, 0.15) is 21.7 Å². The third-order valence-electron chi connectivity index (χ3n) is 3.33. The Kier molecular flexibility index (Phi) is 3.92. The first-order valence-corrected chi connectivity index (χ1v) is 7.04. The Morgan fingerprint density at radius 2 is 2.00 bits per heavy atom. The average molecular weight is 356 g/mol. The van der Waals surface area contributed by atoms with Gasteiger partial charge in [-0.15, -0.1) is 0 Å². The van der Waals surface area contributed by atoms with Crippen LogP contribution in [-0.4, -0.2) is 25.8 Å². The van der Waals surface area contributed by atoms with Gasteiger partial charge in [0.25, 0.3) is 0 Å². The summed E-state index contributed by atoms with van der Waals surface area (Å²) in [5.41, 5.74) is -0.625. The Hall–Kier alpha value is -2.61. The number of nitrogens with zero attached hydrogens (tertiary/aromatic N) is 3. The van der Waals surface area contributed by atoms with Crippen LogP contribution in [0.4, 0.5) is 13.2 Å². The number of rotatable bonds is 3. The lowest BCUT2D eigenvalue weighted by molar-refractivity contribution is -0.144. The summed E-state index contributed by atoms with van der Waals surface area (Å²) in [6.45, 7) is -0.232. The zero-order valence-electron chi connectivity index (χ0n) is 11.9. The lowest BCUT2D eigenvalue weighted by atomic mass is 10.1. The Morgan fingerprint density at radius 3 is 2.67 bits per heavy atom. The molecule has 0 unspecified atom stereocenters. The van der Waals surface area contributed by atoms with Crippen molar-refractivity contribution in [2.75, 3.05) is 0 Å². The van der Waals surface area contributed by atoms with Gasteiger partial charge in [-0.2, -0.15) is 18.3 Å². The minimum absolute atomic E-state index is 0.232. The molecular formula is C15H9ClF3N3O2. The van der Waals surface area contributed by atoms with Gasteiger partial charge in [-0.25, -0.2) is 4.79 Å². The summed E-state index contributed by atoms with van der Waals surface area (Å²) < 4.78 is 39.8. The van der Waals surface area contributed by atoms with E-state index in [2.05, 4.69) is 10.1 Å². The number of benzene rings is 1. The molecule has 5 nitrogen and oxygen atoms in total. The van der Waals surface area contributed by atoms with E-state index in [1.165, 1.54) is 6.20 Å². The monoisotopic (exact) mass is 355 g/mol. The summed E-state index contributed by atoms with van der Waals surface area (Å²) in [4.78, 5) is 15.0. The SMILES string of the molecule is O=C(O)c1cc(C(F)(F)F)n(Cc2ccc3ncc(Cl)cc3c2)n1. The summed E-state index contributed by atoms with van der Waals surface area (Å²) in [5, 5.41) is 13.5. The highest BCUT2D eigenvalue weighted by Gasteiger charge is 2.36. The summed E-state index contributed by atoms with van der Waals surface area (Å²) >= 11 is 5.86. The maximum atomic E-state index is 13.1. The molecule has 3 aromatic rings. The van der Waals surface area contributed by atoms with Crippen LogP contribution >= 0.6 is 11.6 Å². The van der Waals surface area contributed by atoms with Gasteiger partial charge in [0.1, 0.15) is 5.69 Å². The van der Waals surface area contributed by atoms with E-state index in [0.717, 1.165) is 0 Å². The van der Waals surface area contributed by atoms with Crippen LogP contribution in [0.5, 0.6) is 0 Å². The Labute approximate surface area is 138 Å². The van der Waals surface area contributed by atoms with Crippen LogP contribution in [0.15, 0.2) is 36.5 Å². The van der Waals surface area contributed by atoms with E-state index in [1.54, 1.807) is 24.3 Å². The molecule has 0 aliphatic rings. The van der Waals surface area contributed by atoms with Crippen molar-refractivity contribution < 1.29 is 23.1 Å². The smallest absolute Gasteiger partial charge is 0.433 e. The Morgan fingerprint density at radius 1 is 1.25 bits per heavy atom. The fourth-order valence-electron chi connectivity index (χ4n) is 2.30. The minimum atomic E-state index is -4.71. The summed E-state index contributed by atoms with van der Waals surface area (Å²) in [7, 11) is 0. The number of hydrogen-bond donors (Lipinski definition) is 1. The molecule has 1 aromatic carbocycles. The first-order chi connectivity index (χ1) is 11.2. The number of halogens is 4. The maximum Gasteiger partial charge on any atom is 0.433 e. The summed E-state index contributed by atoms with van der Waals surface area (Å²) in [5.74, 6) is -1.52. The molecule has 124 valence electrons. The number of fused-ring (bicyclic) bond motifs is 1. The van der Waals surface area contributed by atoms with Gasteiger partial charge in [0.2, 0.25) is 0 Å². The number of aromatic carboxylic acids is 1. The molecule has 1 N–H and O–H groups in total. The van der Waals surface area contributed by atoms with Crippen molar-refractivity contribution in [2.24, 2.45) is 0 Å². The molecule has 0 fully saturated rings. The van der Waals surface area contributed by atoms with Crippen LogP contribution < -0.4 is 0 Å². The Bertz CT molecular complexity index is 937. The van der Waals surface area contributed by atoms with Gasteiger partial charge in [-0.1, -0.05) is 17.7 Å². The quantitative estimate of drug-likeness (QED) is 0.775. The van der Waals surface area contributed by atoms with Crippen LogP contribution in [0.2, 0.25) is 5.02 Å². The van der Waals surface area contributed by atoms with Crippen molar-refractivity contribution in [3.8, 4) is 0 Å². The molecule has 0 spiro atoms. The third kappa shape index (κ3) is 3.18. The van der Waals surface area contributed by atoms with Crippen molar-refractivity contribution in [1.29, 1.82) is 0 Å². The standard InChI is InChI=1S/C15H9ClF3N3O2/c16-10-4-9-3-8(1-2-11(9)20-6-10)7-22-13(15(17,18)19)5-12(21-22)14(23)24/h1-6H,7H2,(H,23,24). The summed E-state index contributed by atoms with van der Waals surface area (Å²) in [6.07, 6.45) is -3.24. The molecule has 0 aliphatic carbocycles. The number of carbonyl (C=O) groups is 1. The largest absolute Gasteiger partial charge is 0.476 e. The van der Waals surface area contributed by atoms with E-state index in [4.69, 9.17) is 16.7 Å². The fourth-order valence-corrected chi connectivity index (χ4v) is 2.46. The number of alkyl halides is 3. The lowest BCUT2D eigenvalue weighted by Crippen LogP contribution is -2.15. The van der Waals surface area contributed by atoms with E-state index in [-0.39, 0.29) is 6.54 Å². The number of carboxylic acid groups (broad SMARTS) is 1. The number of aromatic nitrogens is 3. The molecule has 0 atom stereocenters. The molecule has 2 aromatic heterocycles. The zero-order valence-corrected chi connectivity index (χ0v) is 12.6. The van der Waals surface area contributed by atoms with Gasteiger partial charge in [0, 0.05) is 17.6 Å².